The summed E-state index contributed by atoms with van der Waals surface area (Å²) in [7, 11) is 0. The second kappa shape index (κ2) is 12.6. The van der Waals surface area contributed by atoms with Crippen molar-refractivity contribution < 1.29 is 19.1 Å². The van der Waals surface area contributed by atoms with E-state index in [1.54, 1.807) is 49.5 Å². The second-order valence-corrected chi connectivity index (χ2v) is 9.23. The Bertz CT molecular complexity index is 1420. The van der Waals surface area contributed by atoms with Gasteiger partial charge in [0.1, 0.15) is 11.9 Å². The van der Waals surface area contributed by atoms with Crippen molar-refractivity contribution >= 4 is 57.6 Å². The van der Waals surface area contributed by atoms with Gasteiger partial charge in [-0.2, -0.15) is 0 Å². The summed E-state index contributed by atoms with van der Waals surface area (Å²) < 4.78 is 5.06. The second-order valence-electron chi connectivity index (χ2n) is 8.52. The molecule has 0 radical (unpaired) electrons. The number of nitrogens with zero attached hydrogens (tertiary/aromatic N) is 1. The van der Waals surface area contributed by atoms with E-state index in [1.165, 1.54) is 4.90 Å². The lowest BCUT2D eigenvalue weighted by molar-refractivity contribution is -0.125. The number of para-hydroxylation sites is 1. The first-order chi connectivity index (χ1) is 18.4. The van der Waals surface area contributed by atoms with Crippen molar-refractivity contribution in [3.8, 4) is 0 Å². The van der Waals surface area contributed by atoms with Crippen molar-refractivity contribution in [2.24, 2.45) is 0 Å². The third-order valence-corrected chi connectivity index (χ3v) is 6.57. The minimum Gasteiger partial charge on any atom is -0.462 e. The van der Waals surface area contributed by atoms with Gasteiger partial charge in [-0.1, -0.05) is 41.9 Å². The topological polar surface area (TPSA) is 91.5 Å². The first-order valence-corrected chi connectivity index (χ1v) is 13.1. The molecular weight excluding hydrogens is 525 g/mol. The number of aromatic amines is 1. The van der Waals surface area contributed by atoms with Crippen molar-refractivity contribution in [1.29, 1.82) is 0 Å². The number of carbonyl (C=O) groups excluding carboxylic acids is 3. The summed E-state index contributed by atoms with van der Waals surface area (Å²) in [6.45, 7) is 2.32. The van der Waals surface area contributed by atoms with E-state index in [0.717, 1.165) is 16.5 Å². The van der Waals surface area contributed by atoms with E-state index in [2.05, 4.69) is 10.3 Å². The number of alkyl halides is 1. The Morgan fingerprint density at radius 2 is 1.71 bits per heavy atom. The maximum absolute atomic E-state index is 13.8. The maximum Gasteiger partial charge on any atom is 0.338 e. The zero-order chi connectivity index (χ0) is 27.1. The van der Waals surface area contributed by atoms with Crippen molar-refractivity contribution in [3.05, 3.63) is 101 Å². The van der Waals surface area contributed by atoms with Crippen LogP contribution in [-0.2, 0) is 20.7 Å². The number of ether oxygens (including phenoxy) is 1. The lowest BCUT2D eigenvalue weighted by atomic mass is 10.0. The zero-order valence-electron chi connectivity index (χ0n) is 20.7. The fourth-order valence-corrected chi connectivity index (χ4v) is 4.52. The highest BCUT2D eigenvalue weighted by atomic mass is 35.5. The highest BCUT2D eigenvalue weighted by Crippen LogP contribution is 2.33. The Labute approximate surface area is 230 Å². The van der Waals surface area contributed by atoms with E-state index in [-0.39, 0.29) is 18.4 Å². The first kappa shape index (κ1) is 27.2. The molecule has 0 saturated carbocycles. The summed E-state index contributed by atoms with van der Waals surface area (Å²) >= 11 is 12.0. The smallest absolute Gasteiger partial charge is 0.338 e. The van der Waals surface area contributed by atoms with Crippen LogP contribution in [0, 0.1) is 0 Å². The minimum absolute atomic E-state index is 0.246. The summed E-state index contributed by atoms with van der Waals surface area (Å²) in [5, 5.41) is 4.42. The average Bonchev–Trinajstić information content (AvgIpc) is 3.36. The first-order valence-electron chi connectivity index (χ1n) is 12.2. The third-order valence-electron chi connectivity index (χ3n) is 6.09. The number of carbonyl (C=O) groups is 3. The van der Waals surface area contributed by atoms with E-state index < -0.39 is 17.9 Å². The SMILES string of the molecule is CCOC(=O)c1ccc(N(C(=O)CCl)C(C(=O)NCCc2ccc(Cl)cc2)c2c[nH]c3ccccc23)cc1. The Kier molecular flexibility index (Phi) is 9.05. The number of fused-ring (bicyclic) bond motifs is 1. The number of nitrogens with one attached hydrogen (secondary N) is 2. The van der Waals surface area contributed by atoms with E-state index >= 15 is 0 Å². The number of aromatic nitrogens is 1. The number of benzene rings is 3. The molecule has 1 aromatic heterocycles. The van der Waals surface area contributed by atoms with Crippen LogP contribution in [0.2, 0.25) is 5.02 Å². The lowest BCUT2D eigenvalue weighted by Gasteiger charge is -2.31. The van der Waals surface area contributed by atoms with Gasteiger partial charge in [0.2, 0.25) is 11.8 Å². The van der Waals surface area contributed by atoms with Crippen molar-refractivity contribution in [2.45, 2.75) is 19.4 Å². The molecule has 0 fully saturated rings. The van der Waals surface area contributed by atoms with Gasteiger partial charge in [0.05, 0.1) is 12.2 Å². The zero-order valence-corrected chi connectivity index (χ0v) is 22.3. The number of rotatable bonds is 10. The number of anilines is 1. The van der Waals surface area contributed by atoms with E-state index in [1.807, 2.05) is 36.4 Å². The van der Waals surface area contributed by atoms with Gasteiger partial charge < -0.3 is 15.0 Å². The van der Waals surface area contributed by atoms with Gasteiger partial charge in [-0.25, -0.2) is 4.79 Å². The molecule has 0 aliphatic heterocycles. The predicted molar refractivity (Wildman–Crippen MR) is 150 cm³/mol. The quantitative estimate of drug-likeness (QED) is 0.196. The van der Waals surface area contributed by atoms with Crippen LogP contribution in [0.15, 0.2) is 79.0 Å². The minimum atomic E-state index is -1.02. The molecular formula is C29H27Cl2N3O4. The molecule has 38 heavy (non-hydrogen) atoms. The van der Waals surface area contributed by atoms with Crippen molar-refractivity contribution in [2.75, 3.05) is 23.9 Å². The largest absolute Gasteiger partial charge is 0.462 e. The van der Waals surface area contributed by atoms with Crippen molar-refractivity contribution in [1.82, 2.24) is 10.3 Å². The summed E-state index contributed by atoms with van der Waals surface area (Å²) in [4.78, 5) is 43.7. The van der Waals surface area contributed by atoms with E-state index in [0.29, 0.717) is 34.8 Å². The highest BCUT2D eigenvalue weighted by Gasteiger charge is 2.34. The molecule has 0 bridgehead atoms. The van der Waals surface area contributed by atoms with Crippen molar-refractivity contribution in [3.63, 3.8) is 0 Å². The molecule has 9 heteroatoms. The molecule has 3 aromatic carbocycles. The summed E-state index contributed by atoms with van der Waals surface area (Å²) in [5.41, 5.74) is 3.23. The predicted octanol–water partition coefficient (Wildman–Crippen LogP) is 5.67. The summed E-state index contributed by atoms with van der Waals surface area (Å²) in [5.74, 6) is -1.63. The number of hydrogen-bond donors (Lipinski definition) is 2. The van der Waals surface area contributed by atoms with Crippen LogP contribution >= 0.6 is 23.2 Å². The Morgan fingerprint density at radius 1 is 1.00 bits per heavy atom. The fraction of sp³-hybridized carbons (Fsp3) is 0.207. The molecule has 1 heterocycles. The molecule has 196 valence electrons. The number of esters is 1. The molecule has 7 nitrogen and oxygen atoms in total. The number of halogens is 2. The van der Waals surface area contributed by atoms with Gasteiger partial charge in [0.15, 0.2) is 0 Å². The molecule has 0 spiro atoms. The third kappa shape index (κ3) is 6.18. The average molecular weight is 552 g/mol. The van der Waals surface area contributed by atoms with Crippen LogP contribution in [0.5, 0.6) is 0 Å². The molecule has 2 N–H and O–H groups in total. The summed E-state index contributed by atoms with van der Waals surface area (Å²) in [6.07, 6.45) is 2.32. The van der Waals surface area contributed by atoms with Crippen LogP contribution in [0.25, 0.3) is 10.9 Å². The molecule has 1 atom stereocenters. The number of amides is 2. The Hall–Kier alpha value is -3.81. The van der Waals surface area contributed by atoms with Gasteiger partial charge in [-0.15, -0.1) is 11.6 Å². The summed E-state index contributed by atoms with van der Waals surface area (Å²) in [6, 6.07) is 20.3. The van der Waals surface area contributed by atoms with Crippen LogP contribution in [0.1, 0.15) is 34.5 Å². The standard InChI is InChI=1S/C29H27Cl2N3O4/c1-2-38-29(37)20-9-13-22(14-10-20)34(26(35)17-30)27(24-18-33-25-6-4-3-5-23(24)25)28(36)32-16-15-19-7-11-21(31)12-8-19/h3-14,18,27,33H,2,15-17H2,1H3,(H,32,36). The number of H-pyrrole nitrogens is 1. The lowest BCUT2D eigenvalue weighted by Crippen LogP contribution is -2.45. The monoisotopic (exact) mass is 551 g/mol. The molecule has 4 rings (SSSR count). The van der Waals surface area contributed by atoms with Gasteiger partial charge in [0, 0.05) is 39.9 Å². The Morgan fingerprint density at radius 3 is 2.39 bits per heavy atom. The highest BCUT2D eigenvalue weighted by molar-refractivity contribution is 6.30. The van der Waals surface area contributed by atoms with E-state index in [4.69, 9.17) is 27.9 Å². The molecule has 4 aromatic rings. The van der Waals surface area contributed by atoms with Crippen LogP contribution < -0.4 is 10.2 Å². The molecule has 0 saturated heterocycles. The van der Waals surface area contributed by atoms with Gasteiger partial charge in [-0.3, -0.25) is 14.5 Å². The fourth-order valence-electron chi connectivity index (χ4n) is 4.27. The van der Waals surface area contributed by atoms with E-state index in [9.17, 15) is 14.4 Å². The van der Waals surface area contributed by atoms with Gasteiger partial charge in [-0.05, 0) is 61.4 Å². The van der Waals surface area contributed by atoms with Gasteiger partial charge >= 0.3 is 5.97 Å². The maximum atomic E-state index is 13.8. The van der Waals surface area contributed by atoms with Crippen LogP contribution in [-0.4, -0.2) is 41.8 Å². The Balaban J connectivity index is 1.69. The van der Waals surface area contributed by atoms with Crippen LogP contribution in [0.4, 0.5) is 5.69 Å². The molecule has 0 aliphatic rings. The normalized spacial score (nSPS) is 11.7. The van der Waals surface area contributed by atoms with Gasteiger partial charge in [0.25, 0.3) is 0 Å². The number of hydrogen-bond acceptors (Lipinski definition) is 4. The molecule has 1 unspecified atom stereocenters. The molecule has 2 amide bonds. The molecule has 0 aliphatic carbocycles. The van der Waals surface area contributed by atoms with Crippen LogP contribution in [0.3, 0.4) is 0 Å².